The molecule has 0 N–H and O–H groups in total. The first kappa shape index (κ1) is 22.9. The van der Waals surface area contributed by atoms with E-state index in [2.05, 4.69) is 12.0 Å². The van der Waals surface area contributed by atoms with E-state index in [4.69, 9.17) is 18.0 Å². The number of aromatic nitrogens is 1. The lowest BCUT2D eigenvalue weighted by atomic mass is 9.63. The Kier molecular flexibility index (Phi) is 5.30. The number of ketones is 1. The smallest absolute Gasteiger partial charge is 0.248 e. The van der Waals surface area contributed by atoms with Gasteiger partial charge < -0.3 is 4.57 Å². The summed E-state index contributed by atoms with van der Waals surface area (Å²) >= 11 is 6.40. The van der Waals surface area contributed by atoms with Gasteiger partial charge in [-0.2, -0.15) is 5.26 Å². The molecule has 6 nitrogen and oxygen atoms in total. The number of carbonyl (C=O) groups excluding carboxylic acids is 2. The Labute approximate surface area is 219 Å². The average Bonchev–Trinajstić information content (AvgIpc) is 3.52. The predicted octanol–water partition coefficient (Wildman–Crippen LogP) is 5.28. The average molecular weight is 505 g/mol. The summed E-state index contributed by atoms with van der Waals surface area (Å²) in [6, 6.07) is 20.7. The van der Waals surface area contributed by atoms with Crippen LogP contribution in [-0.4, -0.2) is 22.8 Å². The fourth-order valence-corrected chi connectivity index (χ4v) is 6.13. The van der Waals surface area contributed by atoms with Gasteiger partial charge in [-0.3, -0.25) is 19.4 Å². The zero-order chi connectivity index (χ0) is 25.7. The van der Waals surface area contributed by atoms with Crippen molar-refractivity contribution >= 4 is 40.5 Å². The number of amides is 1. The Morgan fingerprint density at radius 2 is 1.81 bits per heavy atom. The topological polar surface area (TPSA) is 69.3 Å². The van der Waals surface area contributed by atoms with Crippen LogP contribution in [0.25, 0.3) is 5.82 Å². The van der Waals surface area contributed by atoms with Gasteiger partial charge in [0, 0.05) is 52.0 Å². The van der Waals surface area contributed by atoms with Gasteiger partial charge in [0.1, 0.15) is 17.3 Å². The van der Waals surface area contributed by atoms with Gasteiger partial charge in [-0.15, -0.1) is 6.42 Å². The number of terminal acetylenes is 1. The predicted molar refractivity (Wildman–Crippen MR) is 142 cm³/mol. The van der Waals surface area contributed by atoms with Gasteiger partial charge in [-0.25, -0.2) is 0 Å². The quantitative estimate of drug-likeness (QED) is 0.455. The molecule has 0 radical (unpaired) electrons. The van der Waals surface area contributed by atoms with Crippen LogP contribution in [0, 0.1) is 23.7 Å². The summed E-state index contributed by atoms with van der Waals surface area (Å²) in [5.41, 5.74) is 1.56. The van der Waals surface area contributed by atoms with Crippen LogP contribution < -0.4 is 9.80 Å². The number of nitriles is 1. The van der Waals surface area contributed by atoms with E-state index < -0.39 is 5.41 Å². The molecule has 7 heteroatoms. The Morgan fingerprint density at radius 3 is 2.54 bits per heavy atom. The number of carbonyl (C=O) groups is 2. The molecule has 3 heterocycles. The highest BCUT2D eigenvalue weighted by Gasteiger charge is 2.62. The number of fused-ring (bicyclic) bond motifs is 3. The molecule has 3 aromatic rings. The van der Waals surface area contributed by atoms with Crippen molar-refractivity contribution in [1.29, 1.82) is 5.26 Å². The van der Waals surface area contributed by atoms with Gasteiger partial charge in [0.05, 0.1) is 12.1 Å². The molecular formula is C30H21ClN4O2. The normalized spacial score (nSPS) is 20.7. The summed E-state index contributed by atoms with van der Waals surface area (Å²) in [6.07, 6.45) is 10.8. The van der Waals surface area contributed by atoms with Gasteiger partial charge >= 0.3 is 0 Å². The molecule has 2 aromatic carbocycles. The zero-order valence-corrected chi connectivity index (χ0v) is 20.6. The van der Waals surface area contributed by atoms with E-state index in [1.165, 1.54) is 4.90 Å². The third kappa shape index (κ3) is 3.06. The molecule has 2 aliphatic heterocycles. The fourth-order valence-electron chi connectivity index (χ4n) is 5.94. The molecule has 0 bridgehead atoms. The molecule has 1 atom stereocenters. The van der Waals surface area contributed by atoms with Gasteiger partial charge in [0.2, 0.25) is 5.91 Å². The molecule has 0 saturated carbocycles. The zero-order valence-electron chi connectivity index (χ0n) is 19.8. The van der Waals surface area contributed by atoms with Gasteiger partial charge in [-0.1, -0.05) is 41.8 Å². The number of nitrogens with zero attached hydrogens (tertiary/aromatic N) is 4. The minimum Gasteiger partial charge on any atom is -0.309 e. The molecular weight excluding hydrogens is 484 g/mol. The Morgan fingerprint density at radius 1 is 1.03 bits per heavy atom. The van der Waals surface area contributed by atoms with Crippen molar-refractivity contribution in [2.75, 3.05) is 16.3 Å². The number of benzene rings is 2. The highest BCUT2D eigenvalue weighted by Crippen LogP contribution is 2.58. The van der Waals surface area contributed by atoms with Crippen LogP contribution in [0.5, 0.6) is 0 Å². The third-order valence-electron chi connectivity index (χ3n) is 7.28. The van der Waals surface area contributed by atoms with Crippen LogP contribution in [0.4, 0.5) is 11.4 Å². The van der Waals surface area contributed by atoms with Gasteiger partial charge in [-0.05, 0) is 49.2 Å². The summed E-state index contributed by atoms with van der Waals surface area (Å²) in [6.45, 7) is 0.0317. The second-order valence-electron chi connectivity index (χ2n) is 9.18. The molecule has 1 amide bonds. The summed E-state index contributed by atoms with van der Waals surface area (Å²) in [7, 11) is 0. The van der Waals surface area contributed by atoms with E-state index in [0.29, 0.717) is 58.3 Å². The molecule has 0 fully saturated rings. The van der Waals surface area contributed by atoms with Gasteiger partial charge in [0.25, 0.3) is 0 Å². The van der Waals surface area contributed by atoms with Crippen LogP contribution in [0.15, 0.2) is 89.9 Å². The maximum atomic E-state index is 14.5. The van der Waals surface area contributed by atoms with E-state index in [0.717, 1.165) is 0 Å². The lowest BCUT2D eigenvalue weighted by molar-refractivity contribution is -0.124. The van der Waals surface area contributed by atoms with Crippen LogP contribution in [-0.2, 0) is 15.0 Å². The van der Waals surface area contributed by atoms with Gasteiger partial charge in [0.15, 0.2) is 5.78 Å². The van der Waals surface area contributed by atoms with Crippen molar-refractivity contribution < 1.29 is 9.59 Å². The van der Waals surface area contributed by atoms with Crippen LogP contribution >= 0.6 is 11.6 Å². The summed E-state index contributed by atoms with van der Waals surface area (Å²) < 4.78 is 1.82. The summed E-state index contributed by atoms with van der Waals surface area (Å²) in [4.78, 5) is 31.8. The number of hydrogen-bond donors (Lipinski definition) is 0. The maximum absolute atomic E-state index is 14.5. The minimum atomic E-state index is -1.59. The molecule has 3 aliphatic rings. The largest absolute Gasteiger partial charge is 0.309 e. The lowest BCUT2D eigenvalue weighted by Gasteiger charge is -2.45. The van der Waals surface area contributed by atoms with E-state index in [1.807, 2.05) is 70.4 Å². The third-order valence-corrected chi connectivity index (χ3v) is 7.52. The van der Waals surface area contributed by atoms with Crippen LogP contribution in [0.2, 0.25) is 5.02 Å². The van der Waals surface area contributed by atoms with Crippen LogP contribution in [0.1, 0.15) is 24.8 Å². The fraction of sp³-hybridized carbons (Fsp3) is 0.167. The van der Waals surface area contributed by atoms with Crippen LogP contribution in [0.3, 0.4) is 0 Å². The van der Waals surface area contributed by atoms with Crippen molar-refractivity contribution in [2.24, 2.45) is 0 Å². The molecule has 1 aromatic heterocycles. The minimum absolute atomic E-state index is 0.0317. The SMILES string of the molecule is C#CCN1C(=O)[C@@]2(C(C#N)=C(n3cccc3)N(c3cccc(Cl)c3)C3=C2C(=O)CCC3)c2ccccc21. The van der Waals surface area contributed by atoms with Crippen molar-refractivity contribution in [2.45, 2.75) is 24.7 Å². The van der Waals surface area contributed by atoms with E-state index in [1.54, 1.807) is 12.1 Å². The van der Waals surface area contributed by atoms with E-state index in [9.17, 15) is 14.9 Å². The number of anilines is 2. The number of hydrogen-bond acceptors (Lipinski definition) is 4. The molecule has 6 rings (SSSR count). The summed E-state index contributed by atoms with van der Waals surface area (Å²) in [5.74, 6) is 2.55. The first-order chi connectivity index (χ1) is 18.0. The molecule has 37 heavy (non-hydrogen) atoms. The Balaban J connectivity index is 1.79. The summed E-state index contributed by atoms with van der Waals surface area (Å²) in [5, 5.41) is 11.3. The Bertz CT molecular complexity index is 1620. The van der Waals surface area contributed by atoms with E-state index >= 15 is 0 Å². The molecule has 1 spiro atoms. The van der Waals surface area contributed by atoms with Crippen molar-refractivity contribution in [3.05, 3.63) is 100 Å². The highest BCUT2D eigenvalue weighted by molar-refractivity contribution is 6.31. The second kappa shape index (κ2) is 8.55. The lowest BCUT2D eigenvalue weighted by Crippen LogP contribution is -2.51. The number of Topliss-reactive ketones (excluding diaryl/α,β-unsaturated/α-hetero) is 1. The monoisotopic (exact) mass is 504 g/mol. The second-order valence-corrected chi connectivity index (χ2v) is 9.61. The van der Waals surface area contributed by atoms with E-state index in [-0.39, 0.29) is 23.8 Å². The van der Waals surface area contributed by atoms with Crippen molar-refractivity contribution in [3.63, 3.8) is 0 Å². The van der Waals surface area contributed by atoms with Crippen molar-refractivity contribution in [3.8, 4) is 18.4 Å². The first-order valence-corrected chi connectivity index (χ1v) is 12.4. The number of allylic oxidation sites excluding steroid dienone is 1. The molecule has 0 saturated heterocycles. The molecule has 180 valence electrons. The standard InChI is InChI=1S/C30H21ClN4O2/c1-2-15-34-24-12-4-3-11-22(24)30(29(34)37)23(19-32)28(33-16-5-6-17-33)35(21-10-7-9-20(31)18-21)25-13-8-14-26(36)27(25)30/h1,3-7,9-12,16-18H,8,13-15H2/t30-/m1/s1. The maximum Gasteiger partial charge on any atom is 0.248 e. The first-order valence-electron chi connectivity index (χ1n) is 12.0. The molecule has 1 aliphatic carbocycles. The number of halogens is 1. The molecule has 0 unspecified atom stereocenters. The highest BCUT2D eigenvalue weighted by atomic mass is 35.5. The Hall–Kier alpha value is -4.52. The number of rotatable bonds is 3. The number of para-hydroxylation sites is 1. The van der Waals surface area contributed by atoms with Crippen molar-refractivity contribution in [1.82, 2.24) is 4.57 Å².